The number of hydrogen-bond donors (Lipinski definition) is 0. The fourth-order valence-corrected chi connectivity index (χ4v) is 2.06. The molecule has 0 aliphatic heterocycles. The van der Waals surface area contributed by atoms with E-state index in [9.17, 15) is 0 Å². The molecule has 3 heteroatoms. The molecular weight excluding hydrogens is 192 g/mol. The zero-order chi connectivity index (χ0) is 10.2. The maximum Gasteiger partial charge on any atom is 0.187 e. The molecule has 1 aromatic rings. The summed E-state index contributed by atoms with van der Waals surface area (Å²) in [5, 5.41) is 0.918. The summed E-state index contributed by atoms with van der Waals surface area (Å²) in [6.07, 6.45) is 7.07. The fourth-order valence-electron chi connectivity index (χ4n) is 1.19. The van der Waals surface area contributed by atoms with Crippen molar-refractivity contribution in [2.45, 2.75) is 44.7 Å². The van der Waals surface area contributed by atoms with Crippen LogP contribution in [0.25, 0.3) is 0 Å². The Balaban J connectivity index is 2.18. The summed E-state index contributed by atoms with van der Waals surface area (Å²) >= 11 is 1.76. The van der Waals surface area contributed by atoms with Gasteiger partial charge in [0.25, 0.3) is 0 Å². The molecule has 78 valence electrons. The SMILES string of the molecule is CCCCCCSc1nccc(C)n1. The number of thioether (sulfide) groups is 1. The molecule has 0 N–H and O–H groups in total. The van der Waals surface area contributed by atoms with Crippen molar-refractivity contribution in [2.24, 2.45) is 0 Å². The lowest BCUT2D eigenvalue weighted by atomic mass is 10.2. The molecule has 0 aliphatic rings. The third kappa shape index (κ3) is 4.61. The van der Waals surface area contributed by atoms with Crippen molar-refractivity contribution in [1.82, 2.24) is 9.97 Å². The van der Waals surface area contributed by atoms with Gasteiger partial charge in [0.2, 0.25) is 0 Å². The van der Waals surface area contributed by atoms with Gasteiger partial charge in [-0.1, -0.05) is 37.9 Å². The van der Waals surface area contributed by atoms with E-state index in [1.54, 1.807) is 11.8 Å². The molecule has 0 unspecified atom stereocenters. The van der Waals surface area contributed by atoms with E-state index in [1.165, 1.54) is 25.7 Å². The van der Waals surface area contributed by atoms with E-state index in [0.29, 0.717) is 0 Å². The molecule has 0 atom stereocenters. The van der Waals surface area contributed by atoms with Crippen LogP contribution in [0, 0.1) is 6.92 Å². The average molecular weight is 210 g/mol. The Morgan fingerprint density at radius 2 is 2.14 bits per heavy atom. The Labute approximate surface area is 90.5 Å². The minimum Gasteiger partial charge on any atom is -0.231 e. The van der Waals surface area contributed by atoms with Gasteiger partial charge < -0.3 is 0 Å². The minimum atomic E-state index is 0.918. The van der Waals surface area contributed by atoms with Crippen molar-refractivity contribution >= 4 is 11.8 Å². The molecule has 0 amide bonds. The van der Waals surface area contributed by atoms with Crippen LogP contribution in [0.15, 0.2) is 17.4 Å². The zero-order valence-corrected chi connectivity index (χ0v) is 9.81. The summed E-state index contributed by atoms with van der Waals surface area (Å²) in [4.78, 5) is 8.55. The van der Waals surface area contributed by atoms with Crippen LogP contribution >= 0.6 is 11.8 Å². The molecule has 0 fully saturated rings. The molecule has 0 aromatic carbocycles. The second kappa shape index (κ2) is 6.82. The Morgan fingerprint density at radius 3 is 2.86 bits per heavy atom. The van der Waals surface area contributed by atoms with Gasteiger partial charge in [0.1, 0.15) is 0 Å². The summed E-state index contributed by atoms with van der Waals surface area (Å²) in [5.74, 6) is 1.14. The van der Waals surface area contributed by atoms with Gasteiger partial charge in [0, 0.05) is 17.6 Å². The first-order valence-electron chi connectivity index (χ1n) is 5.25. The van der Waals surface area contributed by atoms with Crippen molar-refractivity contribution in [3.8, 4) is 0 Å². The molecule has 1 rings (SSSR count). The van der Waals surface area contributed by atoms with Crippen LogP contribution in [0.2, 0.25) is 0 Å². The largest absolute Gasteiger partial charge is 0.231 e. The van der Waals surface area contributed by atoms with Crippen LogP contribution < -0.4 is 0 Å². The Morgan fingerprint density at radius 1 is 1.29 bits per heavy atom. The van der Waals surface area contributed by atoms with E-state index >= 15 is 0 Å². The lowest BCUT2D eigenvalue weighted by molar-refractivity contribution is 0.706. The molecule has 0 aliphatic carbocycles. The van der Waals surface area contributed by atoms with Crippen LogP contribution in [-0.4, -0.2) is 15.7 Å². The van der Waals surface area contributed by atoms with Gasteiger partial charge in [-0.25, -0.2) is 9.97 Å². The van der Waals surface area contributed by atoms with Crippen molar-refractivity contribution in [3.63, 3.8) is 0 Å². The molecule has 0 radical (unpaired) electrons. The first-order valence-corrected chi connectivity index (χ1v) is 6.24. The number of aromatic nitrogens is 2. The number of unbranched alkanes of at least 4 members (excludes halogenated alkanes) is 3. The van der Waals surface area contributed by atoms with Gasteiger partial charge in [-0.15, -0.1) is 0 Å². The number of aryl methyl sites for hydroxylation is 1. The van der Waals surface area contributed by atoms with Gasteiger partial charge >= 0.3 is 0 Å². The van der Waals surface area contributed by atoms with Crippen LogP contribution in [0.5, 0.6) is 0 Å². The van der Waals surface area contributed by atoms with E-state index in [1.807, 2.05) is 19.2 Å². The van der Waals surface area contributed by atoms with E-state index in [2.05, 4.69) is 16.9 Å². The molecule has 14 heavy (non-hydrogen) atoms. The molecule has 1 heterocycles. The van der Waals surface area contributed by atoms with Gasteiger partial charge in [-0.05, 0) is 19.4 Å². The highest BCUT2D eigenvalue weighted by Crippen LogP contribution is 2.15. The standard InChI is InChI=1S/C11H18N2S/c1-3-4-5-6-9-14-11-12-8-7-10(2)13-11/h7-8H,3-6,9H2,1-2H3. The highest BCUT2D eigenvalue weighted by atomic mass is 32.2. The lowest BCUT2D eigenvalue weighted by Gasteiger charge is -2.00. The van der Waals surface area contributed by atoms with Crippen molar-refractivity contribution in [2.75, 3.05) is 5.75 Å². The average Bonchev–Trinajstić information content (AvgIpc) is 2.18. The van der Waals surface area contributed by atoms with Crippen molar-refractivity contribution in [3.05, 3.63) is 18.0 Å². The van der Waals surface area contributed by atoms with E-state index < -0.39 is 0 Å². The van der Waals surface area contributed by atoms with Crippen LogP contribution in [0.4, 0.5) is 0 Å². The number of hydrogen-bond acceptors (Lipinski definition) is 3. The van der Waals surface area contributed by atoms with E-state index in [0.717, 1.165) is 16.6 Å². The van der Waals surface area contributed by atoms with Crippen LogP contribution in [-0.2, 0) is 0 Å². The molecule has 2 nitrogen and oxygen atoms in total. The normalized spacial score (nSPS) is 10.4. The predicted octanol–water partition coefficient (Wildman–Crippen LogP) is 3.46. The number of rotatable bonds is 6. The molecule has 0 saturated heterocycles. The van der Waals surface area contributed by atoms with E-state index in [-0.39, 0.29) is 0 Å². The minimum absolute atomic E-state index is 0.918. The summed E-state index contributed by atoms with van der Waals surface area (Å²) in [5.41, 5.74) is 1.05. The lowest BCUT2D eigenvalue weighted by Crippen LogP contribution is -1.89. The third-order valence-electron chi connectivity index (χ3n) is 2.00. The van der Waals surface area contributed by atoms with Crippen LogP contribution in [0.1, 0.15) is 38.3 Å². The summed E-state index contributed by atoms with van der Waals surface area (Å²) in [6.45, 7) is 4.24. The Hall–Kier alpha value is -0.570. The van der Waals surface area contributed by atoms with Crippen molar-refractivity contribution < 1.29 is 0 Å². The topological polar surface area (TPSA) is 25.8 Å². The monoisotopic (exact) mass is 210 g/mol. The second-order valence-corrected chi connectivity index (χ2v) is 4.45. The van der Waals surface area contributed by atoms with Gasteiger partial charge in [-0.3, -0.25) is 0 Å². The summed E-state index contributed by atoms with van der Waals surface area (Å²) in [6, 6.07) is 1.93. The maximum absolute atomic E-state index is 4.34. The molecule has 1 aromatic heterocycles. The van der Waals surface area contributed by atoms with Crippen LogP contribution in [0.3, 0.4) is 0 Å². The van der Waals surface area contributed by atoms with Crippen molar-refractivity contribution in [1.29, 1.82) is 0 Å². The summed E-state index contributed by atoms with van der Waals surface area (Å²) in [7, 11) is 0. The molecular formula is C11H18N2S. The van der Waals surface area contributed by atoms with E-state index in [4.69, 9.17) is 0 Å². The first kappa shape index (κ1) is 11.5. The maximum atomic E-state index is 4.34. The second-order valence-electron chi connectivity index (χ2n) is 3.39. The zero-order valence-electron chi connectivity index (χ0n) is 8.99. The van der Waals surface area contributed by atoms with Gasteiger partial charge in [-0.2, -0.15) is 0 Å². The highest BCUT2D eigenvalue weighted by Gasteiger charge is 1.96. The highest BCUT2D eigenvalue weighted by molar-refractivity contribution is 7.99. The molecule has 0 spiro atoms. The van der Waals surface area contributed by atoms with Gasteiger partial charge in [0.15, 0.2) is 5.16 Å². The molecule has 0 saturated carbocycles. The first-order chi connectivity index (χ1) is 6.83. The molecule has 0 bridgehead atoms. The Bertz CT molecular complexity index is 263. The number of nitrogens with zero attached hydrogens (tertiary/aromatic N) is 2. The smallest absolute Gasteiger partial charge is 0.187 e. The quantitative estimate of drug-likeness (QED) is 0.408. The summed E-state index contributed by atoms with van der Waals surface area (Å²) < 4.78 is 0. The van der Waals surface area contributed by atoms with Gasteiger partial charge in [0.05, 0.1) is 0 Å². The Kier molecular flexibility index (Phi) is 5.60. The predicted molar refractivity (Wildman–Crippen MR) is 61.6 cm³/mol. The third-order valence-corrected chi connectivity index (χ3v) is 2.95. The fraction of sp³-hybridized carbons (Fsp3) is 0.636.